The summed E-state index contributed by atoms with van der Waals surface area (Å²) in [6.45, 7) is 0.319. The highest BCUT2D eigenvalue weighted by Crippen LogP contribution is 2.33. The lowest BCUT2D eigenvalue weighted by atomic mass is 10.0. The van der Waals surface area contributed by atoms with Crippen LogP contribution in [0.25, 0.3) is 16.8 Å². The molecule has 1 fully saturated rings. The minimum absolute atomic E-state index is 0.0771. The van der Waals surface area contributed by atoms with Crippen LogP contribution in [0.5, 0.6) is 0 Å². The number of anilines is 2. The van der Waals surface area contributed by atoms with Gasteiger partial charge in [-0.3, -0.25) is 4.84 Å². The van der Waals surface area contributed by atoms with Crippen LogP contribution in [0.3, 0.4) is 0 Å². The average molecular weight is 436 g/mol. The largest absolute Gasteiger partial charge is 0.366 e. The molecule has 0 bridgehead atoms. The summed E-state index contributed by atoms with van der Waals surface area (Å²) in [5, 5.41) is 7.42. The van der Waals surface area contributed by atoms with Crippen LogP contribution in [0.4, 0.5) is 25.2 Å². The standard InChI is InChI=1S/C22H18F2N6O2/c23-16-7-6-15(14-8-10-29-18(12-14)26-21(25)28-29)19(24)20(16)27-22(31)30-17(9-11-32-30)13-4-2-1-3-5-13/h1-8,10,12,17H,9,11H2,(H2,25,28)(H,27,31). The molecule has 0 radical (unpaired) electrons. The summed E-state index contributed by atoms with van der Waals surface area (Å²) < 4.78 is 31.3. The quantitative estimate of drug-likeness (QED) is 0.502. The molecule has 1 saturated heterocycles. The lowest BCUT2D eigenvalue weighted by Gasteiger charge is -2.23. The molecular weight excluding hydrogens is 418 g/mol. The first kappa shape index (κ1) is 19.9. The number of carbonyl (C=O) groups is 1. The summed E-state index contributed by atoms with van der Waals surface area (Å²) in [7, 11) is 0. The van der Waals surface area contributed by atoms with Gasteiger partial charge in [0, 0.05) is 18.2 Å². The molecule has 1 unspecified atom stereocenters. The highest BCUT2D eigenvalue weighted by molar-refractivity contribution is 5.90. The Bertz CT molecular complexity index is 1310. The van der Waals surface area contributed by atoms with Gasteiger partial charge in [0.2, 0.25) is 5.95 Å². The van der Waals surface area contributed by atoms with Crippen LogP contribution in [0.15, 0.2) is 60.8 Å². The Labute approximate surface area is 181 Å². The number of carbonyl (C=O) groups excluding carboxylic acids is 1. The van der Waals surface area contributed by atoms with Crippen molar-refractivity contribution in [2.45, 2.75) is 12.5 Å². The van der Waals surface area contributed by atoms with Crippen molar-refractivity contribution >= 4 is 23.3 Å². The number of nitrogen functional groups attached to an aromatic ring is 1. The second kappa shape index (κ2) is 7.89. The summed E-state index contributed by atoms with van der Waals surface area (Å²) in [5.41, 5.74) is 6.83. The summed E-state index contributed by atoms with van der Waals surface area (Å²) in [5.74, 6) is -1.73. The van der Waals surface area contributed by atoms with Crippen molar-refractivity contribution in [3.8, 4) is 11.1 Å². The molecule has 1 aliphatic rings. The average Bonchev–Trinajstić information content (AvgIpc) is 3.42. The van der Waals surface area contributed by atoms with E-state index < -0.39 is 23.4 Å². The molecule has 4 aromatic rings. The monoisotopic (exact) mass is 436 g/mol. The maximum atomic E-state index is 15.3. The fourth-order valence-electron chi connectivity index (χ4n) is 3.77. The number of aromatic nitrogens is 3. The van der Waals surface area contributed by atoms with Gasteiger partial charge in [-0.1, -0.05) is 30.3 Å². The molecule has 1 aliphatic heterocycles. The third kappa shape index (κ3) is 3.50. The number of nitrogens with zero attached hydrogens (tertiary/aromatic N) is 4. The van der Waals surface area contributed by atoms with Gasteiger partial charge in [0.15, 0.2) is 11.5 Å². The SMILES string of the molecule is Nc1nc2cc(-c3ccc(F)c(NC(=O)N4OCCC4c4ccccc4)c3F)ccn2n1. The van der Waals surface area contributed by atoms with Crippen LogP contribution in [0.1, 0.15) is 18.0 Å². The first-order chi connectivity index (χ1) is 15.5. The Hall–Kier alpha value is -4.05. The first-order valence-corrected chi connectivity index (χ1v) is 9.89. The van der Waals surface area contributed by atoms with Crippen LogP contribution in [-0.4, -0.2) is 32.3 Å². The van der Waals surface area contributed by atoms with E-state index in [-0.39, 0.29) is 17.6 Å². The zero-order valence-corrected chi connectivity index (χ0v) is 16.7. The van der Waals surface area contributed by atoms with Crippen molar-refractivity contribution in [3.63, 3.8) is 0 Å². The van der Waals surface area contributed by atoms with Crippen LogP contribution in [0.2, 0.25) is 0 Å². The lowest BCUT2D eigenvalue weighted by molar-refractivity contribution is -0.0830. The Kier molecular flexibility index (Phi) is 4.91. The third-order valence-electron chi connectivity index (χ3n) is 5.28. The number of nitrogens with two attached hydrogens (primary N) is 1. The van der Waals surface area contributed by atoms with Crippen molar-refractivity contribution in [2.75, 3.05) is 17.7 Å². The molecule has 32 heavy (non-hydrogen) atoms. The summed E-state index contributed by atoms with van der Waals surface area (Å²) in [6.07, 6.45) is 2.14. The number of nitrogens with one attached hydrogen (secondary N) is 1. The molecule has 0 spiro atoms. The number of urea groups is 1. The number of fused-ring (bicyclic) bond motifs is 1. The molecule has 0 saturated carbocycles. The number of pyridine rings is 1. The van der Waals surface area contributed by atoms with Gasteiger partial charge >= 0.3 is 6.03 Å². The van der Waals surface area contributed by atoms with E-state index in [0.29, 0.717) is 24.2 Å². The fraction of sp³-hybridized carbons (Fsp3) is 0.136. The highest BCUT2D eigenvalue weighted by Gasteiger charge is 2.33. The van der Waals surface area contributed by atoms with E-state index in [1.807, 2.05) is 30.3 Å². The molecule has 3 N–H and O–H groups in total. The molecule has 5 rings (SSSR count). The lowest BCUT2D eigenvalue weighted by Crippen LogP contribution is -2.34. The van der Waals surface area contributed by atoms with Crippen molar-refractivity contribution in [2.24, 2.45) is 0 Å². The fourth-order valence-corrected chi connectivity index (χ4v) is 3.77. The number of halogens is 2. The molecule has 3 heterocycles. The van der Waals surface area contributed by atoms with Gasteiger partial charge in [-0.25, -0.2) is 18.1 Å². The van der Waals surface area contributed by atoms with E-state index in [0.717, 1.165) is 16.7 Å². The molecule has 2 amide bonds. The van der Waals surface area contributed by atoms with Gasteiger partial charge in [-0.05, 0) is 35.4 Å². The second-order valence-corrected chi connectivity index (χ2v) is 7.28. The van der Waals surface area contributed by atoms with Gasteiger partial charge in [-0.2, -0.15) is 10.0 Å². The van der Waals surface area contributed by atoms with E-state index in [1.165, 1.54) is 10.6 Å². The van der Waals surface area contributed by atoms with Gasteiger partial charge in [0.25, 0.3) is 0 Å². The predicted molar refractivity (Wildman–Crippen MR) is 113 cm³/mol. The molecular formula is C22H18F2N6O2. The molecule has 0 aliphatic carbocycles. The van der Waals surface area contributed by atoms with Gasteiger partial charge < -0.3 is 11.1 Å². The van der Waals surface area contributed by atoms with Crippen LogP contribution >= 0.6 is 0 Å². The van der Waals surface area contributed by atoms with Crippen LogP contribution in [-0.2, 0) is 4.84 Å². The Balaban J connectivity index is 1.45. The third-order valence-corrected chi connectivity index (χ3v) is 5.28. The van der Waals surface area contributed by atoms with Crippen molar-refractivity contribution in [1.29, 1.82) is 0 Å². The minimum Gasteiger partial charge on any atom is -0.366 e. The molecule has 162 valence electrons. The summed E-state index contributed by atoms with van der Waals surface area (Å²) in [4.78, 5) is 22.3. The minimum atomic E-state index is -0.911. The molecule has 2 aromatic carbocycles. The molecule has 10 heteroatoms. The maximum absolute atomic E-state index is 15.3. The number of rotatable bonds is 3. The number of hydrogen-bond donors (Lipinski definition) is 2. The smallest absolute Gasteiger partial charge is 0.346 e. The normalized spacial score (nSPS) is 15.9. The summed E-state index contributed by atoms with van der Waals surface area (Å²) in [6, 6.07) is 13.8. The maximum Gasteiger partial charge on any atom is 0.346 e. The van der Waals surface area contributed by atoms with E-state index in [4.69, 9.17) is 10.6 Å². The Morgan fingerprint density at radius 2 is 1.97 bits per heavy atom. The van der Waals surface area contributed by atoms with Gasteiger partial charge in [-0.15, -0.1) is 5.10 Å². The van der Waals surface area contributed by atoms with Gasteiger partial charge in [0.1, 0.15) is 11.5 Å². The van der Waals surface area contributed by atoms with Gasteiger partial charge in [0.05, 0.1) is 12.6 Å². The molecule has 1 atom stereocenters. The zero-order valence-electron chi connectivity index (χ0n) is 16.7. The molecule has 2 aromatic heterocycles. The van der Waals surface area contributed by atoms with Crippen molar-refractivity contribution in [1.82, 2.24) is 19.7 Å². The summed E-state index contributed by atoms with van der Waals surface area (Å²) >= 11 is 0. The molecule has 8 nitrogen and oxygen atoms in total. The van der Waals surface area contributed by atoms with E-state index in [9.17, 15) is 9.18 Å². The van der Waals surface area contributed by atoms with Crippen LogP contribution < -0.4 is 11.1 Å². The Morgan fingerprint density at radius 3 is 2.78 bits per heavy atom. The number of hydrogen-bond acceptors (Lipinski definition) is 5. The van der Waals surface area contributed by atoms with E-state index in [1.54, 1.807) is 18.3 Å². The van der Waals surface area contributed by atoms with Crippen molar-refractivity contribution < 1.29 is 18.4 Å². The number of hydroxylamine groups is 2. The van der Waals surface area contributed by atoms with Crippen LogP contribution in [0, 0.1) is 11.6 Å². The first-order valence-electron chi connectivity index (χ1n) is 9.89. The van der Waals surface area contributed by atoms with E-state index in [2.05, 4.69) is 15.4 Å². The van der Waals surface area contributed by atoms with Crippen molar-refractivity contribution in [3.05, 3.63) is 78.0 Å². The second-order valence-electron chi connectivity index (χ2n) is 7.28. The highest BCUT2D eigenvalue weighted by atomic mass is 19.1. The predicted octanol–water partition coefficient (Wildman–Crippen LogP) is 4.17. The number of benzene rings is 2. The topological polar surface area (TPSA) is 97.8 Å². The zero-order chi connectivity index (χ0) is 22.2. The number of amides is 2. The Morgan fingerprint density at radius 1 is 1.16 bits per heavy atom. The van der Waals surface area contributed by atoms with E-state index >= 15 is 4.39 Å².